The number of anilines is 1. The maximum Gasteiger partial charge on any atom is 0.185 e. The van der Waals surface area contributed by atoms with Crippen LogP contribution in [-0.4, -0.2) is 18.1 Å². The lowest BCUT2D eigenvalue weighted by atomic mass is 10.0. The van der Waals surface area contributed by atoms with Gasteiger partial charge in [-0.1, -0.05) is 43.2 Å². The molecule has 3 rings (SSSR count). The summed E-state index contributed by atoms with van der Waals surface area (Å²) in [4.78, 5) is 7.14. The molecular weight excluding hydrogens is 278 g/mol. The zero-order valence-corrected chi connectivity index (χ0v) is 13.4. The first-order chi connectivity index (χ1) is 10.2. The van der Waals surface area contributed by atoms with E-state index in [1.54, 1.807) is 11.3 Å². The molecule has 0 radical (unpaired) electrons. The third kappa shape index (κ3) is 3.44. The Labute approximate surface area is 130 Å². The highest BCUT2D eigenvalue weighted by Gasteiger charge is 2.22. The highest BCUT2D eigenvalue weighted by atomic mass is 32.1. The minimum absolute atomic E-state index is 0.0259. The van der Waals surface area contributed by atoms with Crippen LogP contribution in [0.25, 0.3) is 0 Å². The Morgan fingerprint density at radius 1 is 1.29 bits per heavy atom. The zero-order valence-electron chi connectivity index (χ0n) is 12.5. The molecule has 4 heteroatoms. The second-order valence-corrected chi connectivity index (χ2v) is 6.73. The molecule has 2 aromatic rings. The van der Waals surface area contributed by atoms with Crippen molar-refractivity contribution in [2.24, 2.45) is 5.73 Å². The molecule has 0 aliphatic heterocycles. The fourth-order valence-corrected chi connectivity index (χ4v) is 3.92. The standard InChI is InChI=1S/C17H23N3S/c1-20(15-9-5-6-10-15)17-19-14(12-21-17)11-16(18)13-7-3-2-4-8-13/h2-4,7-8,12,15-16H,5-6,9-11,18H2,1H3. The van der Waals surface area contributed by atoms with Gasteiger partial charge in [-0.15, -0.1) is 11.3 Å². The van der Waals surface area contributed by atoms with E-state index in [4.69, 9.17) is 10.7 Å². The highest BCUT2D eigenvalue weighted by Crippen LogP contribution is 2.29. The Morgan fingerprint density at radius 3 is 2.71 bits per heavy atom. The Morgan fingerprint density at radius 2 is 2.00 bits per heavy atom. The van der Waals surface area contributed by atoms with Crippen LogP contribution in [0.2, 0.25) is 0 Å². The van der Waals surface area contributed by atoms with E-state index < -0.39 is 0 Å². The van der Waals surface area contributed by atoms with Gasteiger partial charge >= 0.3 is 0 Å². The van der Waals surface area contributed by atoms with E-state index in [2.05, 4.69) is 29.5 Å². The highest BCUT2D eigenvalue weighted by molar-refractivity contribution is 7.13. The van der Waals surface area contributed by atoms with Crippen LogP contribution < -0.4 is 10.6 Å². The number of rotatable bonds is 5. The van der Waals surface area contributed by atoms with Gasteiger partial charge in [0.25, 0.3) is 0 Å². The molecule has 0 amide bonds. The summed E-state index contributed by atoms with van der Waals surface area (Å²) in [7, 11) is 2.18. The molecule has 3 nitrogen and oxygen atoms in total. The lowest BCUT2D eigenvalue weighted by molar-refractivity contribution is 0.648. The van der Waals surface area contributed by atoms with Crippen molar-refractivity contribution in [1.82, 2.24) is 4.98 Å². The molecule has 0 spiro atoms. The fourth-order valence-electron chi connectivity index (χ4n) is 3.04. The SMILES string of the molecule is CN(c1nc(CC(N)c2ccccc2)cs1)C1CCCC1. The molecule has 1 aromatic heterocycles. The summed E-state index contributed by atoms with van der Waals surface area (Å²) in [5.74, 6) is 0. The van der Waals surface area contributed by atoms with Gasteiger partial charge in [0.1, 0.15) is 0 Å². The molecule has 1 saturated carbocycles. The van der Waals surface area contributed by atoms with Crippen molar-refractivity contribution in [3.8, 4) is 0 Å². The predicted octanol–water partition coefficient (Wildman–Crippen LogP) is 3.76. The predicted molar refractivity (Wildman–Crippen MR) is 89.8 cm³/mol. The number of nitrogens with two attached hydrogens (primary N) is 1. The normalized spacial score (nSPS) is 17.0. The van der Waals surface area contributed by atoms with E-state index in [-0.39, 0.29) is 6.04 Å². The van der Waals surface area contributed by atoms with Crippen molar-refractivity contribution >= 4 is 16.5 Å². The van der Waals surface area contributed by atoms with Gasteiger partial charge in [-0.3, -0.25) is 0 Å². The van der Waals surface area contributed by atoms with Gasteiger partial charge in [0, 0.05) is 30.9 Å². The van der Waals surface area contributed by atoms with Crippen molar-refractivity contribution in [3.05, 3.63) is 47.0 Å². The quantitative estimate of drug-likeness (QED) is 0.914. The van der Waals surface area contributed by atoms with Gasteiger partial charge in [0.15, 0.2) is 5.13 Å². The van der Waals surface area contributed by atoms with E-state index in [1.807, 2.05) is 18.2 Å². The van der Waals surface area contributed by atoms with Crippen LogP contribution in [0.3, 0.4) is 0 Å². The molecule has 21 heavy (non-hydrogen) atoms. The summed E-state index contributed by atoms with van der Waals surface area (Å²) in [6.45, 7) is 0. The summed E-state index contributed by atoms with van der Waals surface area (Å²) in [6, 6.07) is 11.0. The van der Waals surface area contributed by atoms with Crippen LogP contribution in [0.4, 0.5) is 5.13 Å². The van der Waals surface area contributed by atoms with Crippen LogP contribution in [0.1, 0.15) is 43.0 Å². The summed E-state index contributed by atoms with van der Waals surface area (Å²) in [5.41, 5.74) is 8.57. The van der Waals surface area contributed by atoms with Crippen molar-refractivity contribution in [3.63, 3.8) is 0 Å². The minimum atomic E-state index is 0.0259. The molecule has 1 atom stereocenters. The van der Waals surface area contributed by atoms with E-state index in [1.165, 1.54) is 31.2 Å². The first-order valence-electron chi connectivity index (χ1n) is 7.72. The Hall–Kier alpha value is -1.39. The first kappa shape index (κ1) is 14.5. The maximum absolute atomic E-state index is 6.29. The largest absolute Gasteiger partial charge is 0.348 e. The van der Waals surface area contributed by atoms with Crippen molar-refractivity contribution < 1.29 is 0 Å². The van der Waals surface area contributed by atoms with Crippen LogP contribution >= 0.6 is 11.3 Å². The van der Waals surface area contributed by atoms with Crippen LogP contribution in [0.5, 0.6) is 0 Å². The number of hydrogen-bond acceptors (Lipinski definition) is 4. The molecule has 1 aromatic carbocycles. The zero-order chi connectivity index (χ0) is 14.7. The molecule has 1 heterocycles. The summed E-state index contributed by atoms with van der Waals surface area (Å²) < 4.78 is 0. The van der Waals surface area contributed by atoms with Gasteiger partial charge in [-0.05, 0) is 18.4 Å². The molecule has 0 bridgehead atoms. The molecule has 1 unspecified atom stereocenters. The van der Waals surface area contributed by atoms with Crippen LogP contribution in [0, 0.1) is 0 Å². The fraction of sp³-hybridized carbons (Fsp3) is 0.471. The second-order valence-electron chi connectivity index (χ2n) is 5.89. The minimum Gasteiger partial charge on any atom is -0.348 e. The number of nitrogens with zero attached hydrogens (tertiary/aromatic N) is 2. The Balaban J connectivity index is 1.65. The molecule has 1 aliphatic rings. The molecule has 0 saturated heterocycles. The van der Waals surface area contributed by atoms with E-state index >= 15 is 0 Å². The Bertz CT molecular complexity index is 560. The van der Waals surface area contributed by atoms with E-state index in [0.717, 1.165) is 17.2 Å². The summed E-state index contributed by atoms with van der Waals surface area (Å²) in [5, 5.41) is 3.29. The molecule has 1 aliphatic carbocycles. The number of benzene rings is 1. The Kier molecular flexibility index (Phi) is 4.56. The van der Waals surface area contributed by atoms with E-state index in [9.17, 15) is 0 Å². The van der Waals surface area contributed by atoms with Gasteiger partial charge in [0.05, 0.1) is 5.69 Å². The number of aromatic nitrogens is 1. The average molecular weight is 301 g/mol. The molecule has 2 N–H and O–H groups in total. The average Bonchev–Trinajstić information content (AvgIpc) is 3.19. The molecule has 112 valence electrons. The third-order valence-corrected chi connectivity index (χ3v) is 5.35. The lowest BCUT2D eigenvalue weighted by Crippen LogP contribution is -2.28. The third-order valence-electron chi connectivity index (χ3n) is 4.37. The number of hydrogen-bond donors (Lipinski definition) is 1. The first-order valence-corrected chi connectivity index (χ1v) is 8.60. The topological polar surface area (TPSA) is 42.2 Å². The van der Waals surface area contributed by atoms with Crippen molar-refractivity contribution in [1.29, 1.82) is 0 Å². The van der Waals surface area contributed by atoms with Gasteiger partial charge in [0.2, 0.25) is 0 Å². The number of thiazole rings is 1. The van der Waals surface area contributed by atoms with E-state index in [0.29, 0.717) is 6.04 Å². The monoisotopic (exact) mass is 301 g/mol. The second kappa shape index (κ2) is 6.58. The van der Waals surface area contributed by atoms with Crippen LogP contribution in [-0.2, 0) is 6.42 Å². The molecule has 1 fully saturated rings. The smallest absolute Gasteiger partial charge is 0.185 e. The summed E-state index contributed by atoms with van der Waals surface area (Å²) >= 11 is 1.74. The van der Waals surface area contributed by atoms with Gasteiger partial charge < -0.3 is 10.6 Å². The summed E-state index contributed by atoms with van der Waals surface area (Å²) in [6.07, 6.45) is 6.11. The van der Waals surface area contributed by atoms with Crippen LogP contribution in [0.15, 0.2) is 35.7 Å². The van der Waals surface area contributed by atoms with Crippen molar-refractivity contribution in [2.75, 3.05) is 11.9 Å². The maximum atomic E-state index is 6.29. The lowest BCUT2D eigenvalue weighted by Gasteiger charge is -2.23. The van der Waals surface area contributed by atoms with Gasteiger partial charge in [-0.25, -0.2) is 4.98 Å². The molecular formula is C17H23N3S. The van der Waals surface area contributed by atoms with Crippen molar-refractivity contribution in [2.45, 2.75) is 44.2 Å². The van der Waals surface area contributed by atoms with Gasteiger partial charge in [-0.2, -0.15) is 0 Å².